The molecular formula is C10H11NO3. The summed E-state index contributed by atoms with van der Waals surface area (Å²) in [5.41, 5.74) is 1.44. The van der Waals surface area contributed by atoms with E-state index in [0.29, 0.717) is 18.6 Å². The molecule has 0 aliphatic heterocycles. The predicted octanol–water partition coefficient (Wildman–Crippen LogP) is 0.719. The number of carbonyl (C=O) groups is 2. The molecule has 1 rings (SSSR count). The standard InChI is InChI=1S/C10H11NO3/c1-14-6-8-2-4-9(5-3-8)10(13)11-7-12/h2-5,7H,6H2,1H3,(H,11,12,13). The van der Waals surface area contributed by atoms with Gasteiger partial charge in [0.15, 0.2) is 0 Å². The number of nitrogens with one attached hydrogen (secondary N) is 1. The molecule has 4 nitrogen and oxygen atoms in total. The minimum absolute atomic E-state index is 0.366. The van der Waals surface area contributed by atoms with Crippen molar-refractivity contribution >= 4 is 12.3 Å². The lowest BCUT2D eigenvalue weighted by Crippen LogP contribution is -2.20. The summed E-state index contributed by atoms with van der Waals surface area (Å²) < 4.78 is 4.92. The van der Waals surface area contributed by atoms with E-state index in [1.165, 1.54) is 0 Å². The highest BCUT2D eigenvalue weighted by molar-refractivity contribution is 5.99. The van der Waals surface area contributed by atoms with Crippen LogP contribution < -0.4 is 5.32 Å². The smallest absolute Gasteiger partial charge is 0.257 e. The first-order valence-corrected chi connectivity index (χ1v) is 4.10. The fraction of sp³-hybridized carbons (Fsp3) is 0.200. The Morgan fingerprint density at radius 3 is 2.57 bits per heavy atom. The molecule has 14 heavy (non-hydrogen) atoms. The molecule has 0 aliphatic rings. The Balaban J connectivity index is 2.72. The second-order valence-corrected chi connectivity index (χ2v) is 2.72. The first-order chi connectivity index (χ1) is 6.77. The maximum atomic E-state index is 11.1. The molecule has 0 aromatic heterocycles. The van der Waals surface area contributed by atoms with Gasteiger partial charge in [-0.05, 0) is 17.7 Å². The Kier molecular flexibility index (Phi) is 3.82. The van der Waals surface area contributed by atoms with Crippen molar-refractivity contribution in [2.45, 2.75) is 6.61 Å². The van der Waals surface area contributed by atoms with Crippen LogP contribution in [0.1, 0.15) is 15.9 Å². The zero-order valence-corrected chi connectivity index (χ0v) is 7.82. The number of benzene rings is 1. The van der Waals surface area contributed by atoms with Crippen LogP contribution in [-0.4, -0.2) is 19.4 Å². The lowest BCUT2D eigenvalue weighted by atomic mass is 10.1. The molecule has 0 aliphatic carbocycles. The Hall–Kier alpha value is -1.68. The SMILES string of the molecule is COCc1ccc(C(=O)NC=O)cc1. The molecule has 1 N–H and O–H groups in total. The van der Waals surface area contributed by atoms with Crippen LogP contribution in [0.3, 0.4) is 0 Å². The molecular weight excluding hydrogens is 182 g/mol. The summed E-state index contributed by atoms with van der Waals surface area (Å²) in [4.78, 5) is 21.1. The molecule has 0 unspecified atom stereocenters. The van der Waals surface area contributed by atoms with Crippen molar-refractivity contribution in [1.82, 2.24) is 5.32 Å². The summed E-state index contributed by atoms with van der Waals surface area (Å²) in [5.74, 6) is -0.399. The van der Waals surface area contributed by atoms with E-state index in [1.807, 2.05) is 0 Å². The third kappa shape index (κ3) is 2.67. The largest absolute Gasteiger partial charge is 0.380 e. The number of methoxy groups -OCH3 is 1. The third-order valence-corrected chi connectivity index (χ3v) is 1.72. The van der Waals surface area contributed by atoms with Crippen molar-refractivity contribution in [2.75, 3.05) is 7.11 Å². The average Bonchev–Trinajstić information content (AvgIpc) is 2.20. The number of amides is 2. The third-order valence-electron chi connectivity index (χ3n) is 1.72. The molecule has 0 atom stereocenters. The lowest BCUT2D eigenvalue weighted by molar-refractivity contribution is -0.108. The topological polar surface area (TPSA) is 55.4 Å². The quantitative estimate of drug-likeness (QED) is 0.717. The fourth-order valence-electron chi connectivity index (χ4n) is 1.06. The number of hydrogen-bond acceptors (Lipinski definition) is 3. The number of imide groups is 1. The van der Waals surface area contributed by atoms with E-state index in [9.17, 15) is 9.59 Å². The zero-order valence-electron chi connectivity index (χ0n) is 7.82. The zero-order chi connectivity index (χ0) is 10.4. The van der Waals surface area contributed by atoms with Gasteiger partial charge in [0.2, 0.25) is 6.41 Å². The van der Waals surface area contributed by atoms with Crippen molar-refractivity contribution in [3.63, 3.8) is 0 Å². The van der Waals surface area contributed by atoms with Gasteiger partial charge in [0.1, 0.15) is 0 Å². The minimum Gasteiger partial charge on any atom is -0.380 e. The molecule has 0 heterocycles. The van der Waals surface area contributed by atoms with Crippen LogP contribution in [0.25, 0.3) is 0 Å². The highest BCUT2D eigenvalue weighted by Gasteiger charge is 2.02. The summed E-state index contributed by atoms with van der Waals surface area (Å²) in [7, 11) is 1.60. The molecule has 0 fully saturated rings. The van der Waals surface area contributed by atoms with Crippen molar-refractivity contribution in [3.8, 4) is 0 Å². The minimum atomic E-state index is -0.399. The Morgan fingerprint density at radius 1 is 1.43 bits per heavy atom. The molecule has 4 heteroatoms. The predicted molar refractivity (Wildman–Crippen MR) is 50.7 cm³/mol. The number of hydrogen-bond donors (Lipinski definition) is 1. The van der Waals surface area contributed by atoms with Crippen LogP contribution in [0.15, 0.2) is 24.3 Å². The lowest BCUT2D eigenvalue weighted by Gasteiger charge is -2.01. The van der Waals surface area contributed by atoms with E-state index in [2.05, 4.69) is 5.32 Å². The number of ether oxygens (including phenoxy) is 1. The van der Waals surface area contributed by atoms with Crippen LogP contribution >= 0.6 is 0 Å². The van der Waals surface area contributed by atoms with E-state index in [0.717, 1.165) is 5.56 Å². The summed E-state index contributed by atoms with van der Waals surface area (Å²) in [6, 6.07) is 6.85. The van der Waals surface area contributed by atoms with Crippen molar-refractivity contribution < 1.29 is 14.3 Å². The average molecular weight is 193 g/mol. The number of carbonyl (C=O) groups excluding carboxylic acids is 2. The highest BCUT2D eigenvalue weighted by atomic mass is 16.5. The molecule has 0 saturated heterocycles. The van der Waals surface area contributed by atoms with Crippen LogP contribution in [0.5, 0.6) is 0 Å². The molecule has 0 bridgehead atoms. The summed E-state index contributed by atoms with van der Waals surface area (Å²) in [5, 5.41) is 2.06. The molecule has 0 saturated carbocycles. The van der Waals surface area contributed by atoms with E-state index in [4.69, 9.17) is 4.74 Å². The van der Waals surface area contributed by atoms with Gasteiger partial charge in [-0.2, -0.15) is 0 Å². The van der Waals surface area contributed by atoms with E-state index < -0.39 is 5.91 Å². The van der Waals surface area contributed by atoms with Gasteiger partial charge < -0.3 is 4.74 Å². The molecule has 2 amide bonds. The maximum absolute atomic E-state index is 11.1. The molecule has 0 radical (unpaired) electrons. The van der Waals surface area contributed by atoms with Gasteiger partial charge in [-0.25, -0.2) is 0 Å². The normalized spacial score (nSPS) is 9.50. The van der Waals surface area contributed by atoms with E-state index in [1.54, 1.807) is 31.4 Å². The van der Waals surface area contributed by atoms with E-state index in [-0.39, 0.29) is 0 Å². The maximum Gasteiger partial charge on any atom is 0.257 e. The highest BCUT2D eigenvalue weighted by Crippen LogP contribution is 2.04. The van der Waals surface area contributed by atoms with Crippen LogP contribution in [0.2, 0.25) is 0 Å². The summed E-state index contributed by atoms with van der Waals surface area (Å²) in [6.07, 6.45) is 0.366. The van der Waals surface area contributed by atoms with Gasteiger partial charge in [-0.3, -0.25) is 14.9 Å². The van der Waals surface area contributed by atoms with Gasteiger partial charge in [0, 0.05) is 12.7 Å². The Bertz CT molecular complexity index is 319. The molecule has 0 spiro atoms. The van der Waals surface area contributed by atoms with Gasteiger partial charge in [0.25, 0.3) is 5.91 Å². The van der Waals surface area contributed by atoms with Crippen LogP contribution in [-0.2, 0) is 16.1 Å². The first-order valence-electron chi connectivity index (χ1n) is 4.10. The van der Waals surface area contributed by atoms with Crippen LogP contribution in [0.4, 0.5) is 0 Å². The van der Waals surface area contributed by atoms with Gasteiger partial charge in [-0.1, -0.05) is 12.1 Å². The Labute approximate surface area is 81.9 Å². The monoisotopic (exact) mass is 193 g/mol. The van der Waals surface area contributed by atoms with Gasteiger partial charge in [-0.15, -0.1) is 0 Å². The second kappa shape index (κ2) is 5.14. The summed E-state index contributed by atoms with van der Waals surface area (Å²) in [6.45, 7) is 0.510. The number of rotatable bonds is 4. The molecule has 1 aromatic carbocycles. The summed E-state index contributed by atoms with van der Waals surface area (Å²) >= 11 is 0. The molecule has 74 valence electrons. The van der Waals surface area contributed by atoms with Gasteiger partial charge in [0.05, 0.1) is 6.61 Å². The first kappa shape index (κ1) is 10.4. The van der Waals surface area contributed by atoms with Crippen molar-refractivity contribution in [1.29, 1.82) is 0 Å². The Morgan fingerprint density at radius 2 is 2.07 bits per heavy atom. The molecule has 1 aromatic rings. The van der Waals surface area contributed by atoms with Crippen molar-refractivity contribution in [2.24, 2.45) is 0 Å². The van der Waals surface area contributed by atoms with Crippen molar-refractivity contribution in [3.05, 3.63) is 35.4 Å². The van der Waals surface area contributed by atoms with Crippen LogP contribution in [0, 0.1) is 0 Å². The second-order valence-electron chi connectivity index (χ2n) is 2.72. The van der Waals surface area contributed by atoms with Gasteiger partial charge >= 0.3 is 0 Å². The fourth-order valence-corrected chi connectivity index (χ4v) is 1.06. The van der Waals surface area contributed by atoms with E-state index >= 15 is 0 Å².